The van der Waals surface area contributed by atoms with Crippen LogP contribution in [0.25, 0.3) is 0 Å². The van der Waals surface area contributed by atoms with Gasteiger partial charge in [-0.3, -0.25) is 9.78 Å². The molecule has 20 heavy (non-hydrogen) atoms. The Hall–Kier alpha value is -2.36. The van der Waals surface area contributed by atoms with Crippen LogP contribution >= 0.6 is 0 Å². The molecule has 0 atom stereocenters. The molecule has 0 bridgehead atoms. The van der Waals surface area contributed by atoms with Crippen LogP contribution in [-0.4, -0.2) is 24.0 Å². The highest BCUT2D eigenvalue weighted by Crippen LogP contribution is 2.31. The Morgan fingerprint density at radius 3 is 2.75 bits per heavy atom. The summed E-state index contributed by atoms with van der Waals surface area (Å²) in [4.78, 5) is 16.7. The number of hydrogen-bond donors (Lipinski definition) is 0. The summed E-state index contributed by atoms with van der Waals surface area (Å²) in [6, 6.07) is 8.86. The van der Waals surface area contributed by atoms with Crippen LogP contribution in [-0.2, 0) is 0 Å². The Morgan fingerprint density at radius 1 is 1.15 bits per heavy atom. The van der Waals surface area contributed by atoms with Crippen LogP contribution in [0.3, 0.4) is 0 Å². The van der Waals surface area contributed by atoms with Gasteiger partial charge in [0.25, 0.3) is 0 Å². The van der Waals surface area contributed by atoms with Crippen molar-refractivity contribution in [3.8, 4) is 11.5 Å². The lowest BCUT2D eigenvalue weighted by Gasteiger charge is -2.09. The fraction of sp³-hybridized carbons (Fsp3) is 0.250. The van der Waals surface area contributed by atoms with E-state index in [2.05, 4.69) is 4.98 Å². The van der Waals surface area contributed by atoms with Gasteiger partial charge in [0, 0.05) is 29.4 Å². The molecule has 4 heteroatoms. The highest BCUT2D eigenvalue weighted by molar-refractivity contribution is 6.09. The summed E-state index contributed by atoms with van der Waals surface area (Å²) < 4.78 is 11.2. The SMILES string of the molecule is Cc1ncccc1C(=O)c1ccc2c(c1)OCCCO2. The summed E-state index contributed by atoms with van der Waals surface area (Å²) in [6.45, 7) is 3.08. The van der Waals surface area contributed by atoms with Gasteiger partial charge in [-0.1, -0.05) is 0 Å². The van der Waals surface area contributed by atoms with Gasteiger partial charge in [0.05, 0.1) is 13.2 Å². The van der Waals surface area contributed by atoms with E-state index in [1.54, 1.807) is 36.5 Å². The first-order valence-electron chi connectivity index (χ1n) is 6.61. The summed E-state index contributed by atoms with van der Waals surface area (Å²) in [6.07, 6.45) is 2.53. The molecular formula is C16H15NO3. The molecule has 0 aliphatic carbocycles. The van der Waals surface area contributed by atoms with E-state index in [4.69, 9.17) is 9.47 Å². The molecule has 0 fully saturated rings. The van der Waals surface area contributed by atoms with Crippen LogP contribution in [0.4, 0.5) is 0 Å². The Labute approximate surface area is 117 Å². The quantitative estimate of drug-likeness (QED) is 0.787. The molecule has 0 spiro atoms. The largest absolute Gasteiger partial charge is 0.490 e. The normalized spacial score (nSPS) is 13.7. The summed E-state index contributed by atoms with van der Waals surface area (Å²) in [5.41, 5.74) is 1.93. The van der Waals surface area contributed by atoms with Gasteiger partial charge < -0.3 is 9.47 Å². The molecule has 1 aromatic heterocycles. The van der Waals surface area contributed by atoms with E-state index in [1.807, 2.05) is 6.92 Å². The van der Waals surface area contributed by atoms with Crippen molar-refractivity contribution in [1.82, 2.24) is 4.98 Å². The molecule has 2 aromatic rings. The van der Waals surface area contributed by atoms with E-state index in [1.165, 1.54) is 0 Å². The first-order valence-corrected chi connectivity index (χ1v) is 6.61. The second-order valence-electron chi connectivity index (χ2n) is 4.68. The number of nitrogens with zero attached hydrogens (tertiary/aromatic N) is 1. The van der Waals surface area contributed by atoms with Crippen molar-refractivity contribution in [3.05, 3.63) is 53.3 Å². The topological polar surface area (TPSA) is 48.4 Å². The van der Waals surface area contributed by atoms with Crippen molar-refractivity contribution in [2.75, 3.05) is 13.2 Å². The maximum Gasteiger partial charge on any atom is 0.194 e. The number of aryl methyl sites for hydroxylation is 1. The van der Waals surface area contributed by atoms with E-state index in [0.29, 0.717) is 35.8 Å². The molecule has 0 saturated carbocycles. The van der Waals surface area contributed by atoms with Crippen LogP contribution in [0, 0.1) is 6.92 Å². The smallest absolute Gasteiger partial charge is 0.194 e. The molecule has 2 heterocycles. The fourth-order valence-electron chi connectivity index (χ4n) is 2.18. The number of rotatable bonds is 2. The second-order valence-corrected chi connectivity index (χ2v) is 4.68. The number of fused-ring (bicyclic) bond motifs is 1. The van der Waals surface area contributed by atoms with E-state index in [0.717, 1.165) is 12.1 Å². The van der Waals surface area contributed by atoms with Gasteiger partial charge in [-0.05, 0) is 37.3 Å². The molecule has 102 valence electrons. The number of ether oxygens (including phenoxy) is 2. The zero-order valence-electron chi connectivity index (χ0n) is 11.3. The highest BCUT2D eigenvalue weighted by Gasteiger charge is 2.16. The zero-order chi connectivity index (χ0) is 13.9. The van der Waals surface area contributed by atoms with Crippen molar-refractivity contribution in [2.45, 2.75) is 13.3 Å². The lowest BCUT2D eigenvalue weighted by Crippen LogP contribution is -2.05. The molecule has 3 rings (SSSR count). The van der Waals surface area contributed by atoms with Crippen LogP contribution in [0.2, 0.25) is 0 Å². The van der Waals surface area contributed by atoms with Crippen molar-refractivity contribution >= 4 is 5.78 Å². The summed E-state index contributed by atoms with van der Waals surface area (Å²) in [5.74, 6) is 1.28. The first-order chi connectivity index (χ1) is 9.75. The van der Waals surface area contributed by atoms with Gasteiger partial charge in [0.1, 0.15) is 0 Å². The lowest BCUT2D eigenvalue weighted by molar-refractivity contribution is 0.103. The van der Waals surface area contributed by atoms with Crippen molar-refractivity contribution in [3.63, 3.8) is 0 Å². The third kappa shape index (κ3) is 2.37. The maximum absolute atomic E-state index is 12.5. The minimum absolute atomic E-state index is 0.0498. The highest BCUT2D eigenvalue weighted by atomic mass is 16.5. The third-order valence-electron chi connectivity index (χ3n) is 3.26. The molecular weight excluding hydrogens is 254 g/mol. The van der Waals surface area contributed by atoms with Gasteiger partial charge in [0.2, 0.25) is 0 Å². The Balaban J connectivity index is 1.97. The molecule has 0 radical (unpaired) electrons. The van der Waals surface area contributed by atoms with Gasteiger partial charge >= 0.3 is 0 Å². The molecule has 0 unspecified atom stereocenters. The second kappa shape index (κ2) is 5.33. The Morgan fingerprint density at radius 2 is 1.95 bits per heavy atom. The van der Waals surface area contributed by atoms with Crippen LogP contribution in [0.15, 0.2) is 36.5 Å². The minimum Gasteiger partial charge on any atom is -0.490 e. The number of hydrogen-bond acceptors (Lipinski definition) is 4. The van der Waals surface area contributed by atoms with E-state index in [-0.39, 0.29) is 5.78 Å². The number of carbonyl (C=O) groups is 1. The van der Waals surface area contributed by atoms with Crippen LogP contribution in [0.1, 0.15) is 28.0 Å². The average molecular weight is 269 g/mol. The van der Waals surface area contributed by atoms with Crippen molar-refractivity contribution in [1.29, 1.82) is 0 Å². The number of ketones is 1. The molecule has 0 amide bonds. The van der Waals surface area contributed by atoms with Crippen LogP contribution in [0.5, 0.6) is 11.5 Å². The third-order valence-corrected chi connectivity index (χ3v) is 3.26. The predicted octanol–water partition coefficient (Wildman–Crippen LogP) is 2.78. The molecule has 1 aliphatic heterocycles. The monoisotopic (exact) mass is 269 g/mol. The van der Waals surface area contributed by atoms with Crippen LogP contribution < -0.4 is 9.47 Å². The van der Waals surface area contributed by atoms with Gasteiger partial charge in [-0.2, -0.15) is 0 Å². The molecule has 0 saturated heterocycles. The summed E-state index contributed by atoms with van der Waals surface area (Å²) in [5, 5.41) is 0. The van der Waals surface area contributed by atoms with E-state index in [9.17, 15) is 4.79 Å². The molecule has 4 nitrogen and oxygen atoms in total. The molecule has 0 N–H and O–H groups in total. The maximum atomic E-state index is 12.5. The van der Waals surface area contributed by atoms with Gasteiger partial charge in [0.15, 0.2) is 17.3 Å². The number of pyridine rings is 1. The zero-order valence-corrected chi connectivity index (χ0v) is 11.3. The number of benzene rings is 1. The predicted molar refractivity (Wildman–Crippen MR) is 74.5 cm³/mol. The average Bonchev–Trinajstić information content (AvgIpc) is 2.71. The summed E-state index contributed by atoms with van der Waals surface area (Å²) in [7, 11) is 0. The van der Waals surface area contributed by atoms with Gasteiger partial charge in [-0.25, -0.2) is 0 Å². The Kier molecular flexibility index (Phi) is 3.37. The summed E-state index contributed by atoms with van der Waals surface area (Å²) >= 11 is 0. The van der Waals surface area contributed by atoms with Crippen molar-refractivity contribution in [2.24, 2.45) is 0 Å². The Bertz CT molecular complexity index is 652. The lowest BCUT2D eigenvalue weighted by atomic mass is 10.0. The minimum atomic E-state index is -0.0498. The van der Waals surface area contributed by atoms with E-state index >= 15 is 0 Å². The molecule has 1 aromatic carbocycles. The number of carbonyl (C=O) groups excluding carboxylic acids is 1. The van der Waals surface area contributed by atoms with Gasteiger partial charge in [-0.15, -0.1) is 0 Å². The first kappa shape index (κ1) is 12.7. The number of aromatic nitrogens is 1. The van der Waals surface area contributed by atoms with Crippen molar-refractivity contribution < 1.29 is 14.3 Å². The molecule has 1 aliphatic rings. The standard InChI is InChI=1S/C16H15NO3/c1-11-13(4-2-7-17-11)16(18)12-5-6-14-15(10-12)20-9-3-8-19-14/h2,4-7,10H,3,8-9H2,1H3. The van der Waals surface area contributed by atoms with E-state index < -0.39 is 0 Å². The fourth-order valence-corrected chi connectivity index (χ4v) is 2.18.